The summed E-state index contributed by atoms with van der Waals surface area (Å²) >= 11 is 0. The van der Waals surface area contributed by atoms with Gasteiger partial charge < -0.3 is 16.0 Å². The Morgan fingerprint density at radius 2 is 1.56 bits per heavy atom. The maximum absolute atomic E-state index is 11.8. The van der Waals surface area contributed by atoms with Crippen molar-refractivity contribution in [1.29, 1.82) is 0 Å². The SMILES string of the molecule is Cl.O=C(CNC(=O)Cc1ccccc1)NCCNC1CCCCCC1. The molecule has 2 amide bonds. The largest absolute Gasteiger partial charge is 0.353 e. The molecule has 140 valence electrons. The second-order valence-electron chi connectivity index (χ2n) is 6.43. The van der Waals surface area contributed by atoms with Crippen LogP contribution in [0.5, 0.6) is 0 Å². The molecule has 2 rings (SSSR count). The van der Waals surface area contributed by atoms with Gasteiger partial charge in [0, 0.05) is 19.1 Å². The molecule has 5 nitrogen and oxygen atoms in total. The highest BCUT2D eigenvalue weighted by Crippen LogP contribution is 2.16. The molecule has 3 N–H and O–H groups in total. The Morgan fingerprint density at radius 3 is 2.24 bits per heavy atom. The van der Waals surface area contributed by atoms with E-state index < -0.39 is 0 Å². The average Bonchev–Trinajstić information content (AvgIpc) is 2.87. The Labute approximate surface area is 156 Å². The van der Waals surface area contributed by atoms with Gasteiger partial charge in [-0.3, -0.25) is 9.59 Å². The van der Waals surface area contributed by atoms with Gasteiger partial charge in [-0.25, -0.2) is 0 Å². The summed E-state index contributed by atoms with van der Waals surface area (Å²) in [7, 11) is 0. The van der Waals surface area contributed by atoms with E-state index in [-0.39, 0.29) is 30.8 Å². The van der Waals surface area contributed by atoms with Crippen LogP contribution < -0.4 is 16.0 Å². The van der Waals surface area contributed by atoms with Crippen molar-refractivity contribution in [3.8, 4) is 0 Å². The molecule has 1 saturated carbocycles. The number of nitrogens with one attached hydrogen (secondary N) is 3. The van der Waals surface area contributed by atoms with Crippen molar-refractivity contribution in [1.82, 2.24) is 16.0 Å². The molecule has 1 fully saturated rings. The summed E-state index contributed by atoms with van der Waals surface area (Å²) in [6.07, 6.45) is 8.08. The number of hydrogen-bond acceptors (Lipinski definition) is 3. The second kappa shape index (κ2) is 12.7. The van der Waals surface area contributed by atoms with Gasteiger partial charge in [0.05, 0.1) is 13.0 Å². The molecule has 1 aliphatic rings. The summed E-state index contributed by atoms with van der Waals surface area (Å²) in [5.41, 5.74) is 0.947. The van der Waals surface area contributed by atoms with Crippen molar-refractivity contribution in [2.75, 3.05) is 19.6 Å². The number of halogens is 1. The first kappa shape index (κ1) is 21.5. The third-order valence-corrected chi connectivity index (χ3v) is 4.39. The molecular weight excluding hydrogens is 338 g/mol. The van der Waals surface area contributed by atoms with Crippen LogP contribution in [0.2, 0.25) is 0 Å². The zero-order chi connectivity index (χ0) is 17.0. The predicted octanol–water partition coefficient (Wildman–Crippen LogP) is 2.20. The average molecular weight is 368 g/mol. The molecule has 0 atom stereocenters. The van der Waals surface area contributed by atoms with E-state index >= 15 is 0 Å². The molecule has 0 radical (unpaired) electrons. The van der Waals surface area contributed by atoms with Crippen LogP contribution in [0, 0.1) is 0 Å². The predicted molar refractivity (Wildman–Crippen MR) is 103 cm³/mol. The maximum atomic E-state index is 11.8. The highest BCUT2D eigenvalue weighted by atomic mass is 35.5. The molecule has 25 heavy (non-hydrogen) atoms. The minimum absolute atomic E-state index is 0. The van der Waals surface area contributed by atoms with Crippen LogP contribution in [0.15, 0.2) is 30.3 Å². The maximum Gasteiger partial charge on any atom is 0.239 e. The lowest BCUT2D eigenvalue weighted by Crippen LogP contribution is -2.41. The first-order chi connectivity index (χ1) is 11.7. The summed E-state index contributed by atoms with van der Waals surface area (Å²) in [5, 5.41) is 9.01. The number of benzene rings is 1. The van der Waals surface area contributed by atoms with Crippen molar-refractivity contribution in [2.45, 2.75) is 51.0 Å². The number of hydrogen-bond donors (Lipinski definition) is 3. The van der Waals surface area contributed by atoms with Gasteiger partial charge in [0.1, 0.15) is 0 Å². The summed E-state index contributed by atoms with van der Waals surface area (Å²) in [6.45, 7) is 1.42. The summed E-state index contributed by atoms with van der Waals surface area (Å²) < 4.78 is 0. The van der Waals surface area contributed by atoms with E-state index in [4.69, 9.17) is 0 Å². The Morgan fingerprint density at radius 1 is 0.880 bits per heavy atom. The normalized spacial score (nSPS) is 14.9. The van der Waals surface area contributed by atoms with Crippen molar-refractivity contribution in [2.24, 2.45) is 0 Å². The van der Waals surface area contributed by atoms with Crippen molar-refractivity contribution >= 4 is 24.2 Å². The molecule has 0 heterocycles. The fourth-order valence-electron chi connectivity index (χ4n) is 3.05. The minimum Gasteiger partial charge on any atom is -0.353 e. The third kappa shape index (κ3) is 9.46. The zero-order valence-corrected chi connectivity index (χ0v) is 15.6. The lowest BCUT2D eigenvalue weighted by atomic mass is 10.1. The van der Waals surface area contributed by atoms with Gasteiger partial charge in [0.25, 0.3) is 0 Å². The van der Waals surface area contributed by atoms with E-state index in [1.165, 1.54) is 38.5 Å². The highest BCUT2D eigenvalue weighted by Gasteiger charge is 2.11. The molecule has 0 unspecified atom stereocenters. The van der Waals surface area contributed by atoms with E-state index in [2.05, 4.69) is 16.0 Å². The van der Waals surface area contributed by atoms with Gasteiger partial charge in [-0.2, -0.15) is 0 Å². The Hall–Kier alpha value is -1.59. The third-order valence-electron chi connectivity index (χ3n) is 4.39. The van der Waals surface area contributed by atoms with Crippen LogP contribution in [0.4, 0.5) is 0 Å². The molecule has 0 aromatic heterocycles. The Bertz CT molecular complexity index is 503. The molecule has 1 aromatic carbocycles. The molecule has 6 heteroatoms. The summed E-state index contributed by atoms with van der Waals surface area (Å²) in [6, 6.07) is 10.1. The lowest BCUT2D eigenvalue weighted by molar-refractivity contribution is -0.125. The number of rotatable bonds is 8. The van der Waals surface area contributed by atoms with Crippen molar-refractivity contribution < 1.29 is 9.59 Å². The molecule has 0 bridgehead atoms. The molecule has 0 saturated heterocycles. The smallest absolute Gasteiger partial charge is 0.239 e. The van der Waals surface area contributed by atoms with Crippen LogP contribution in [-0.4, -0.2) is 37.5 Å². The van der Waals surface area contributed by atoms with E-state index in [0.717, 1.165) is 12.1 Å². The number of carbonyl (C=O) groups excluding carboxylic acids is 2. The standard InChI is InChI=1S/C19H29N3O2.ClH/c23-18(14-16-8-4-3-5-9-16)22-15-19(24)21-13-12-20-17-10-6-1-2-7-11-17;/h3-5,8-9,17,20H,1-2,6-7,10-15H2,(H,21,24)(H,22,23);1H. The van der Waals surface area contributed by atoms with E-state index in [0.29, 0.717) is 19.0 Å². The van der Waals surface area contributed by atoms with Crippen LogP contribution in [0.1, 0.15) is 44.1 Å². The van der Waals surface area contributed by atoms with Gasteiger partial charge in [0.2, 0.25) is 11.8 Å². The minimum atomic E-state index is -0.140. The monoisotopic (exact) mass is 367 g/mol. The number of carbonyl (C=O) groups is 2. The molecule has 1 aromatic rings. The van der Waals surface area contributed by atoms with Crippen LogP contribution in [-0.2, 0) is 16.0 Å². The van der Waals surface area contributed by atoms with Crippen LogP contribution in [0.25, 0.3) is 0 Å². The molecule has 0 aliphatic heterocycles. The van der Waals surface area contributed by atoms with Gasteiger partial charge in [-0.05, 0) is 18.4 Å². The summed E-state index contributed by atoms with van der Waals surface area (Å²) in [4.78, 5) is 23.5. The molecule has 0 spiro atoms. The zero-order valence-electron chi connectivity index (χ0n) is 14.8. The topological polar surface area (TPSA) is 70.2 Å². The molecule has 1 aliphatic carbocycles. The van der Waals surface area contributed by atoms with Gasteiger partial charge >= 0.3 is 0 Å². The quantitative estimate of drug-likeness (QED) is 0.487. The fraction of sp³-hybridized carbons (Fsp3) is 0.579. The first-order valence-corrected chi connectivity index (χ1v) is 9.05. The van der Waals surface area contributed by atoms with E-state index in [1.54, 1.807) is 0 Å². The highest BCUT2D eigenvalue weighted by molar-refractivity contribution is 5.86. The Kier molecular flexibility index (Phi) is 10.9. The van der Waals surface area contributed by atoms with E-state index in [1.807, 2.05) is 30.3 Å². The van der Waals surface area contributed by atoms with Gasteiger partial charge in [-0.15, -0.1) is 12.4 Å². The fourth-order valence-corrected chi connectivity index (χ4v) is 3.05. The Balaban J connectivity index is 0.00000312. The second-order valence-corrected chi connectivity index (χ2v) is 6.43. The lowest BCUT2D eigenvalue weighted by Gasteiger charge is -2.16. The first-order valence-electron chi connectivity index (χ1n) is 9.05. The van der Waals surface area contributed by atoms with Crippen LogP contribution >= 0.6 is 12.4 Å². The summed E-state index contributed by atoms with van der Waals surface area (Å²) in [5.74, 6) is -0.271. The van der Waals surface area contributed by atoms with Crippen LogP contribution in [0.3, 0.4) is 0 Å². The van der Waals surface area contributed by atoms with Crippen molar-refractivity contribution in [3.05, 3.63) is 35.9 Å². The number of amides is 2. The van der Waals surface area contributed by atoms with Gasteiger partial charge in [0.15, 0.2) is 0 Å². The van der Waals surface area contributed by atoms with Crippen molar-refractivity contribution in [3.63, 3.8) is 0 Å². The molecular formula is C19H30ClN3O2. The van der Waals surface area contributed by atoms with E-state index in [9.17, 15) is 9.59 Å². The van der Waals surface area contributed by atoms with Gasteiger partial charge in [-0.1, -0.05) is 56.0 Å².